The second kappa shape index (κ2) is 11.6. The minimum atomic E-state index is -4.80. The summed E-state index contributed by atoms with van der Waals surface area (Å²) in [6.45, 7) is 6.56. The number of ether oxygens (including phenoxy) is 2. The van der Waals surface area contributed by atoms with Gasteiger partial charge in [-0.1, -0.05) is 0 Å². The highest BCUT2D eigenvalue weighted by Crippen LogP contribution is 2.33. The normalized spacial score (nSPS) is 19.9. The Labute approximate surface area is 221 Å². The zero-order chi connectivity index (χ0) is 28.1. The van der Waals surface area contributed by atoms with Crippen LogP contribution in [0.4, 0.5) is 18.0 Å². The van der Waals surface area contributed by atoms with Gasteiger partial charge in [-0.15, -0.1) is 24.5 Å². The summed E-state index contributed by atoms with van der Waals surface area (Å²) in [4.78, 5) is 41.2. The number of hydrogen-bond acceptors (Lipinski definition) is 7. The first-order valence-corrected chi connectivity index (χ1v) is 12.7. The highest BCUT2D eigenvalue weighted by atomic mass is 32.1. The van der Waals surface area contributed by atoms with Crippen molar-refractivity contribution in [2.45, 2.75) is 58.1 Å². The van der Waals surface area contributed by atoms with E-state index < -0.39 is 29.7 Å². The molecular weight excluding hydrogens is 529 g/mol. The van der Waals surface area contributed by atoms with Gasteiger partial charge in [-0.25, -0.2) is 14.6 Å². The molecule has 2 heterocycles. The zero-order valence-corrected chi connectivity index (χ0v) is 21.9. The number of hydrogen-bond donors (Lipinski definition) is 3. The van der Waals surface area contributed by atoms with Crippen molar-refractivity contribution in [1.29, 1.82) is 0 Å². The van der Waals surface area contributed by atoms with E-state index in [1.807, 2.05) is 20.8 Å². The number of thiazole rings is 1. The number of carbonyl (C=O) groups excluding carboxylic acids is 2. The Hall–Kier alpha value is -3.39. The van der Waals surface area contributed by atoms with Gasteiger partial charge in [-0.2, -0.15) is 0 Å². The Morgan fingerprint density at radius 3 is 2.26 bits per heavy atom. The molecular formula is C24H30F3N4O6S+. The van der Waals surface area contributed by atoms with Gasteiger partial charge >= 0.3 is 18.4 Å². The van der Waals surface area contributed by atoms with Crippen LogP contribution in [0.25, 0.3) is 0 Å². The van der Waals surface area contributed by atoms with Crippen LogP contribution in [0, 0.1) is 0 Å². The fourth-order valence-electron chi connectivity index (χ4n) is 4.33. The Morgan fingerprint density at radius 1 is 1.11 bits per heavy atom. The van der Waals surface area contributed by atoms with Crippen LogP contribution in [0.2, 0.25) is 0 Å². The number of quaternary nitrogens is 1. The molecule has 1 fully saturated rings. The maximum Gasteiger partial charge on any atom is 0.573 e. The molecule has 0 saturated carbocycles. The number of rotatable bonds is 8. The van der Waals surface area contributed by atoms with Crippen molar-refractivity contribution in [3.05, 3.63) is 40.3 Å². The number of halogens is 3. The molecule has 10 nitrogen and oxygen atoms in total. The molecule has 0 atom stereocenters. The summed E-state index contributed by atoms with van der Waals surface area (Å²) in [6.07, 6.45) is -4.82. The van der Waals surface area contributed by atoms with Gasteiger partial charge < -0.3 is 25.2 Å². The third-order valence-corrected chi connectivity index (χ3v) is 7.20. The lowest BCUT2D eigenvalue weighted by Gasteiger charge is -2.49. The first-order valence-electron chi connectivity index (χ1n) is 11.8. The van der Waals surface area contributed by atoms with Crippen molar-refractivity contribution < 1.29 is 46.6 Å². The number of carbonyl (C=O) groups is 3. The lowest BCUT2D eigenvalue weighted by molar-refractivity contribution is -0.900. The average Bonchev–Trinajstić information content (AvgIpc) is 3.29. The summed E-state index contributed by atoms with van der Waals surface area (Å²) < 4.78 is 45.9. The number of benzene rings is 1. The molecule has 3 rings (SSSR count). The fourth-order valence-corrected chi connectivity index (χ4v) is 5.04. The molecule has 0 aliphatic carbocycles. The van der Waals surface area contributed by atoms with Gasteiger partial charge in [0.05, 0.1) is 25.2 Å². The zero-order valence-electron chi connectivity index (χ0n) is 21.1. The highest BCUT2D eigenvalue weighted by Gasteiger charge is 2.50. The predicted molar refractivity (Wildman–Crippen MR) is 131 cm³/mol. The summed E-state index contributed by atoms with van der Waals surface area (Å²) >= 11 is 1.23. The van der Waals surface area contributed by atoms with Gasteiger partial charge in [0.25, 0.3) is 5.91 Å². The molecule has 1 aliphatic heterocycles. The van der Waals surface area contributed by atoms with E-state index in [2.05, 4.69) is 20.4 Å². The van der Waals surface area contributed by atoms with E-state index in [0.29, 0.717) is 30.9 Å². The van der Waals surface area contributed by atoms with Gasteiger partial charge in [0, 0.05) is 24.3 Å². The molecule has 0 radical (unpaired) electrons. The molecule has 0 bridgehead atoms. The van der Waals surface area contributed by atoms with Gasteiger partial charge in [0.15, 0.2) is 12.3 Å². The van der Waals surface area contributed by atoms with Crippen molar-refractivity contribution in [2.75, 3.05) is 19.7 Å². The van der Waals surface area contributed by atoms with E-state index >= 15 is 0 Å². The van der Waals surface area contributed by atoms with Crippen molar-refractivity contribution in [2.24, 2.45) is 0 Å². The van der Waals surface area contributed by atoms with Crippen LogP contribution >= 0.6 is 11.3 Å². The highest BCUT2D eigenvalue weighted by molar-refractivity contribution is 7.09. The number of aromatic nitrogens is 1. The van der Waals surface area contributed by atoms with Crippen LogP contribution in [0.1, 0.15) is 49.1 Å². The van der Waals surface area contributed by atoms with Gasteiger partial charge in [0.2, 0.25) is 0 Å². The number of alkyl halides is 3. The predicted octanol–water partition coefficient (Wildman–Crippen LogP) is 3.92. The smallest absolute Gasteiger partial charge is 0.484 e. The summed E-state index contributed by atoms with van der Waals surface area (Å²) in [5.41, 5.74) is -0.145. The molecule has 3 N–H and O–H groups in total. The van der Waals surface area contributed by atoms with Gasteiger partial charge in [0.1, 0.15) is 16.5 Å². The minimum absolute atomic E-state index is 0.0681. The molecule has 1 saturated heterocycles. The third-order valence-electron chi connectivity index (χ3n) is 6.35. The molecule has 1 aromatic carbocycles. The maximum absolute atomic E-state index is 13.6. The lowest BCUT2D eigenvalue weighted by atomic mass is 9.92. The quantitative estimate of drug-likeness (QED) is 0.419. The number of nitrogens with zero attached hydrogens (tertiary/aromatic N) is 2. The molecule has 0 spiro atoms. The number of nitrogens with one attached hydrogen (secondary N) is 2. The van der Waals surface area contributed by atoms with Gasteiger partial charge in [-0.05, 0) is 45.0 Å². The van der Waals surface area contributed by atoms with Crippen molar-refractivity contribution in [3.63, 3.8) is 0 Å². The number of amides is 3. The SMILES string of the molecule is CC(C)(C)[N+]1(C(=O)c2csc(CNC(=O)COc3ccc(OC(F)(F)F)cc3)n2)CCC(NC(=O)O)CC1. The summed E-state index contributed by atoms with van der Waals surface area (Å²) in [7, 11) is 0. The van der Waals surface area contributed by atoms with Crippen LogP contribution in [0.3, 0.4) is 0 Å². The Balaban J connectivity index is 1.54. The molecule has 2 aromatic rings. The van der Waals surface area contributed by atoms with Crippen LogP contribution in [0.15, 0.2) is 29.6 Å². The number of likely N-dealkylation sites (tertiary alicyclic amines) is 1. The van der Waals surface area contributed by atoms with E-state index in [4.69, 9.17) is 9.84 Å². The van der Waals surface area contributed by atoms with Gasteiger partial charge in [-0.3, -0.25) is 9.28 Å². The topological polar surface area (TPSA) is 127 Å². The fraction of sp³-hybridized carbons (Fsp3) is 0.500. The van der Waals surface area contributed by atoms with Crippen molar-refractivity contribution in [3.8, 4) is 11.5 Å². The molecule has 3 amide bonds. The second-order valence-electron chi connectivity index (χ2n) is 9.83. The molecule has 1 aliphatic rings. The Kier molecular flexibility index (Phi) is 8.87. The summed E-state index contributed by atoms with van der Waals surface area (Å²) in [6, 6.07) is 4.45. The molecule has 1 aromatic heterocycles. The van der Waals surface area contributed by atoms with E-state index in [0.717, 1.165) is 12.1 Å². The lowest BCUT2D eigenvalue weighted by Crippen LogP contribution is -2.68. The first kappa shape index (κ1) is 29.2. The van der Waals surface area contributed by atoms with Crippen LogP contribution in [-0.2, 0) is 11.3 Å². The minimum Gasteiger partial charge on any atom is -0.484 e. The number of carboxylic acid groups (broad SMARTS) is 1. The van der Waals surface area contributed by atoms with Crippen LogP contribution in [-0.4, -0.2) is 70.1 Å². The summed E-state index contributed by atoms with van der Waals surface area (Å²) in [5.74, 6) is -0.841. The van der Waals surface area contributed by atoms with Crippen molar-refractivity contribution >= 4 is 29.2 Å². The molecule has 14 heteroatoms. The van der Waals surface area contributed by atoms with E-state index in [1.54, 1.807) is 5.38 Å². The standard InChI is InChI=1S/C24H29F3N4O6S/c1-23(2,3)31(10-8-15(9-11-31)29-22(34)35)21(33)18-14-38-20(30-18)12-28-19(32)13-36-16-4-6-17(7-5-16)37-24(25,26)27/h4-7,14-15,29H,8-13H2,1-3H3,(H-,28,32,34,35)/p+1. The van der Waals surface area contributed by atoms with Crippen molar-refractivity contribution in [1.82, 2.24) is 15.6 Å². The second-order valence-corrected chi connectivity index (χ2v) is 10.8. The number of piperidine rings is 1. The average molecular weight is 560 g/mol. The van der Waals surface area contributed by atoms with E-state index in [1.165, 1.54) is 23.5 Å². The monoisotopic (exact) mass is 559 g/mol. The Bertz CT molecular complexity index is 1140. The summed E-state index contributed by atoms with van der Waals surface area (Å²) in [5, 5.41) is 16.3. The van der Waals surface area contributed by atoms with E-state index in [9.17, 15) is 27.6 Å². The van der Waals surface area contributed by atoms with E-state index in [-0.39, 0.29) is 41.0 Å². The third kappa shape index (κ3) is 7.57. The van der Waals surface area contributed by atoms with Crippen LogP contribution < -0.4 is 20.1 Å². The Morgan fingerprint density at radius 2 is 1.71 bits per heavy atom. The molecule has 0 unspecified atom stereocenters. The molecule has 38 heavy (non-hydrogen) atoms. The maximum atomic E-state index is 13.6. The van der Waals surface area contributed by atoms with Crippen LogP contribution in [0.5, 0.6) is 11.5 Å². The molecule has 208 valence electrons. The first-order chi connectivity index (χ1) is 17.7. The largest absolute Gasteiger partial charge is 0.573 e.